The van der Waals surface area contributed by atoms with Gasteiger partial charge in [0, 0.05) is 11.0 Å². The number of esters is 1. The van der Waals surface area contributed by atoms with Gasteiger partial charge in [0.2, 0.25) is 10.0 Å². The molecule has 8 heteroatoms. The molecular formula is C17H17BrClNO4S. The second-order valence-corrected chi connectivity index (χ2v) is 8.34. The van der Waals surface area contributed by atoms with Crippen molar-refractivity contribution in [2.75, 3.05) is 13.2 Å². The predicted octanol–water partition coefficient (Wildman–Crippen LogP) is 3.86. The van der Waals surface area contributed by atoms with Crippen molar-refractivity contribution in [3.8, 4) is 0 Å². The molecule has 134 valence electrons. The lowest BCUT2D eigenvalue weighted by atomic mass is 10.2. The van der Waals surface area contributed by atoms with Crippen LogP contribution < -0.4 is 0 Å². The van der Waals surface area contributed by atoms with Crippen LogP contribution in [0.4, 0.5) is 0 Å². The van der Waals surface area contributed by atoms with Crippen LogP contribution in [-0.2, 0) is 26.1 Å². The van der Waals surface area contributed by atoms with Crippen molar-refractivity contribution in [2.24, 2.45) is 0 Å². The zero-order chi connectivity index (χ0) is 18.4. The van der Waals surface area contributed by atoms with E-state index in [0.29, 0.717) is 9.50 Å². The normalized spacial score (nSPS) is 11.5. The molecule has 0 N–H and O–H groups in total. The molecule has 0 spiro atoms. The summed E-state index contributed by atoms with van der Waals surface area (Å²) in [6, 6.07) is 13.4. The molecule has 0 unspecified atom stereocenters. The third kappa shape index (κ3) is 5.28. The predicted molar refractivity (Wildman–Crippen MR) is 99.8 cm³/mol. The van der Waals surface area contributed by atoms with Gasteiger partial charge in [-0.25, -0.2) is 8.42 Å². The Kier molecular flexibility index (Phi) is 7.01. The summed E-state index contributed by atoms with van der Waals surface area (Å²) in [6.45, 7) is 1.54. The Morgan fingerprint density at radius 1 is 1.20 bits per heavy atom. The topological polar surface area (TPSA) is 63.7 Å². The highest BCUT2D eigenvalue weighted by Gasteiger charge is 2.28. The Bertz CT molecular complexity index is 843. The lowest BCUT2D eigenvalue weighted by Gasteiger charge is -2.21. The first-order valence-corrected chi connectivity index (χ1v) is 10.1. The molecule has 2 aromatic carbocycles. The third-order valence-electron chi connectivity index (χ3n) is 3.34. The van der Waals surface area contributed by atoms with Crippen molar-refractivity contribution in [3.05, 3.63) is 63.6 Å². The number of hydrogen-bond acceptors (Lipinski definition) is 4. The summed E-state index contributed by atoms with van der Waals surface area (Å²) in [6.07, 6.45) is 0. The van der Waals surface area contributed by atoms with E-state index >= 15 is 0 Å². The van der Waals surface area contributed by atoms with Crippen LogP contribution in [0.2, 0.25) is 5.02 Å². The van der Waals surface area contributed by atoms with Crippen LogP contribution in [0, 0.1) is 0 Å². The van der Waals surface area contributed by atoms with Crippen LogP contribution in [0.5, 0.6) is 0 Å². The molecule has 0 aliphatic heterocycles. The van der Waals surface area contributed by atoms with Gasteiger partial charge in [0.1, 0.15) is 6.54 Å². The molecule has 25 heavy (non-hydrogen) atoms. The average molecular weight is 447 g/mol. The summed E-state index contributed by atoms with van der Waals surface area (Å²) in [5, 5.41) is 0.402. The molecule has 0 atom stereocenters. The summed E-state index contributed by atoms with van der Waals surface area (Å²) in [7, 11) is -3.91. The summed E-state index contributed by atoms with van der Waals surface area (Å²) in [5.74, 6) is -0.602. The molecule has 0 bridgehead atoms. The van der Waals surface area contributed by atoms with Crippen LogP contribution in [0.1, 0.15) is 12.5 Å². The summed E-state index contributed by atoms with van der Waals surface area (Å²) in [4.78, 5) is 11.9. The fraction of sp³-hybridized carbons (Fsp3) is 0.235. The zero-order valence-corrected chi connectivity index (χ0v) is 16.6. The largest absolute Gasteiger partial charge is 0.465 e. The molecule has 0 aliphatic rings. The van der Waals surface area contributed by atoms with E-state index in [9.17, 15) is 13.2 Å². The first-order chi connectivity index (χ1) is 11.8. The minimum absolute atomic E-state index is 0.0454. The van der Waals surface area contributed by atoms with Gasteiger partial charge in [-0.3, -0.25) is 4.79 Å². The van der Waals surface area contributed by atoms with E-state index in [1.54, 1.807) is 19.1 Å². The monoisotopic (exact) mass is 445 g/mol. The van der Waals surface area contributed by atoms with Crippen molar-refractivity contribution < 1.29 is 17.9 Å². The van der Waals surface area contributed by atoms with E-state index in [1.807, 2.05) is 18.2 Å². The van der Waals surface area contributed by atoms with E-state index < -0.39 is 16.0 Å². The van der Waals surface area contributed by atoms with Gasteiger partial charge in [-0.15, -0.1) is 0 Å². The van der Waals surface area contributed by atoms with Gasteiger partial charge >= 0.3 is 5.97 Å². The van der Waals surface area contributed by atoms with Crippen LogP contribution in [0.25, 0.3) is 0 Å². The van der Waals surface area contributed by atoms with Gasteiger partial charge in [-0.05, 0) is 46.6 Å². The molecule has 0 aliphatic carbocycles. The van der Waals surface area contributed by atoms with Gasteiger partial charge in [0.15, 0.2) is 0 Å². The van der Waals surface area contributed by atoms with Crippen molar-refractivity contribution in [3.63, 3.8) is 0 Å². The molecule has 2 rings (SSSR count). The Hall–Kier alpha value is -1.41. The number of benzene rings is 2. The van der Waals surface area contributed by atoms with E-state index in [0.717, 1.165) is 9.87 Å². The maximum absolute atomic E-state index is 13.0. The summed E-state index contributed by atoms with van der Waals surface area (Å²) in [5.41, 5.74) is 0.767. The van der Waals surface area contributed by atoms with E-state index in [1.165, 1.54) is 18.2 Å². The van der Waals surface area contributed by atoms with Gasteiger partial charge in [0.25, 0.3) is 0 Å². The SMILES string of the molecule is CCOC(=O)CN(Cc1ccccc1)S(=O)(=O)c1ccc(Cl)c(Br)c1. The van der Waals surface area contributed by atoms with Crippen molar-refractivity contribution in [1.82, 2.24) is 4.31 Å². The lowest BCUT2D eigenvalue weighted by molar-refractivity contribution is -0.143. The Morgan fingerprint density at radius 3 is 2.48 bits per heavy atom. The van der Waals surface area contributed by atoms with Gasteiger partial charge in [0.05, 0.1) is 16.5 Å². The minimum atomic E-state index is -3.91. The molecule has 0 fully saturated rings. The third-order valence-corrected chi connectivity index (χ3v) is 6.34. The first-order valence-electron chi connectivity index (χ1n) is 7.49. The van der Waals surface area contributed by atoms with E-state index in [2.05, 4.69) is 15.9 Å². The molecule has 0 amide bonds. The first kappa shape index (κ1) is 19.9. The van der Waals surface area contributed by atoms with Crippen molar-refractivity contribution >= 4 is 43.5 Å². The van der Waals surface area contributed by atoms with Crippen LogP contribution in [0.3, 0.4) is 0 Å². The zero-order valence-electron chi connectivity index (χ0n) is 13.5. The average Bonchev–Trinajstić information content (AvgIpc) is 2.58. The fourth-order valence-electron chi connectivity index (χ4n) is 2.15. The second kappa shape index (κ2) is 8.80. The Morgan fingerprint density at radius 2 is 1.88 bits per heavy atom. The van der Waals surface area contributed by atoms with Crippen LogP contribution in [-0.4, -0.2) is 31.8 Å². The number of sulfonamides is 1. The van der Waals surface area contributed by atoms with Gasteiger partial charge in [-0.1, -0.05) is 41.9 Å². The summed E-state index contributed by atoms with van der Waals surface area (Å²) < 4.78 is 32.5. The number of hydrogen-bond donors (Lipinski definition) is 0. The molecule has 2 aromatic rings. The van der Waals surface area contributed by atoms with Crippen LogP contribution >= 0.6 is 27.5 Å². The number of nitrogens with zero attached hydrogens (tertiary/aromatic N) is 1. The maximum atomic E-state index is 13.0. The molecule has 0 radical (unpaired) electrons. The Balaban J connectivity index is 2.37. The number of halogens is 2. The van der Waals surface area contributed by atoms with Gasteiger partial charge in [-0.2, -0.15) is 4.31 Å². The molecular weight excluding hydrogens is 430 g/mol. The van der Waals surface area contributed by atoms with Crippen molar-refractivity contribution in [1.29, 1.82) is 0 Å². The molecule has 5 nitrogen and oxygen atoms in total. The summed E-state index contributed by atoms with van der Waals surface area (Å²) >= 11 is 9.16. The number of rotatable bonds is 7. The van der Waals surface area contributed by atoms with Gasteiger partial charge < -0.3 is 4.74 Å². The number of carbonyl (C=O) groups is 1. The number of ether oxygens (including phenoxy) is 1. The fourth-order valence-corrected chi connectivity index (χ4v) is 4.20. The highest BCUT2D eigenvalue weighted by Crippen LogP contribution is 2.27. The quantitative estimate of drug-likeness (QED) is 0.606. The molecule has 0 saturated heterocycles. The minimum Gasteiger partial charge on any atom is -0.465 e. The smallest absolute Gasteiger partial charge is 0.321 e. The maximum Gasteiger partial charge on any atom is 0.321 e. The van der Waals surface area contributed by atoms with Crippen LogP contribution in [0.15, 0.2) is 57.9 Å². The lowest BCUT2D eigenvalue weighted by Crippen LogP contribution is -2.36. The standard InChI is InChI=1S/C17H17BrClNO4S/c1-2-24-17(21)12-20(11-13-6-4-3-5-7-13)25(22,23)14-8-9-16(19)15(18)10-14/h3-10H,2,11-12H2,1H3. The molecule has 0 heterocycles. The highest BCUT2D eigenvalue weighted by atomic mass is 79.9. The van der Waals surface area contributed by atoms with E-state index in [-0.39, 0.29) is 24.6 Å². The highest BCUT2D eigenvalue weighted by molar-refractivity contribution is 9.10. The van der Waals surface area contributed by atoms with Crippen molar-refractivity contribution in [2.45, 2.75) is 18.4 Å². The molecule has 0 saturated carbocycles. The number of carbonyl (C=O) groups excluding carboxylic acids is 1. The second-order valence-electron chi connectivity index (χ2n) is 5.14. The molecule has 0 aromatic heterocycles. The van der Waals surface area contributed by atoms with E-state index in [4.69, 9.17) is 16.3 Å². The Labute approximate surface area is 160 Å².